The van der Waals surface area contributed by atoms with E-state index in [4.69, 9.17) is 4.74 Å². The summed E-state index contributed by atoms with van der Waals surface area (Å²) >= 11 is 0. The average Bonchev–Trinajstić information content (AvgIpc) is 2.53. The highest BCUT2D eigenvalue weighted by molar-refractivity contribution is 5.92. The first-order valence-corrected chi connectivity index (χ1v) is 7.12. The molecule has 0 radical (unpaired) electrons. The molecule has 1 amide bonds. The number of carbonyl (C=O) groups is 1. The summed E-state index contributed by atoms with van der Waals surface area (Å²) in [6.07, 6.45) is -2.87. The van der Waals surface area contributed by atoms with E-state index in [1.807, 2.05) is 0 Å². The molecular formula is C16H16F3N3O2. The van der Waals surface area contributed by atoms with Crippen molar-refractivity contribution >= 4 is 5.91 Å². The van der Waals surface area contributed by atoms with Crippen LogP contribution in [0.1, 0.15) is 21.9 Å². The molecule has 0 aliphatic rings. The summed E-state index contributed by atoms with van der Waals surface area (Å²) < 4.78 is 42.7. The molecule has 2 rings (SSSR count). The molecule has 2 aromatic rings. The number of benzene rings is 1. The van der Waals surface area contributed by atoms with Crippen molar-refractivity contribution in [1.82, 2.24) is 14.9 Å². The molecule has 24 heavy (non-hydrogen) atoms. The van der Waals surface area contributed by atoms with Gasteiger partial charge in [0.05, 0.1) is 12.1 Å². The number of amides is 1. The van der Waals surface area contributed by atoms with E-state index in [1.54, 1.807) is 14.0 Å². The van der Waals surface area contributed by atoms with Crippen LogP contribution in [-0.2, 0) is 6.18 Å². The van der Waals surface area contributed by atoms with E-state index in [-0.39, 0.29) is 24.8 Å². The fourth-order valence-corrected chi connectivity index (χ4v) is 1.91. The molecule has 8 heteroatoms. The van der Waals surface area contributed by atoms with Crippen molar-refractivity contribution in [1.29, 1.82) is 0 Å². The highest BCUT2D eigenvalue weighted by atomic mass is 19.4. The quantitative estimate of drug-likeness (QED) is 0.840. The van der Waals surface area contributed by atoms with Crippen LogP contribution in [0, 0.1) is 6.92 Å². The zero-order valence-corrected chi connectivity index (χ0v) is 13.2. The summed E-state index contributed by atoms with van der Waals surface area (Å²) in [5.41, 5.74) is -0.458. The van der Waals surface area contributed by atoms with E-state index in [0.717, 1.165) is 12.1 Å². The van der Waals surface area contributed by atoms with Crippen LogP contribution in [0.25, 0.3) is 0 Å². The average molecular weight is 339 g/mol. The van der Waals surface area contributed by atoms with Gasteiger partial charge in [-0.25, -0.2) is 9.97 Å². The first-order chi connectivity index (χ1) is 11.3. The van der Waals surface area contributed by atoms with E-state index in [2.05, 4.69) is 9.97 Å². The Labute approximate surface area is 137 Å². The second-order valence-electron chi connectivity index (χ2n) is 5.09. The van der Waals surface area contributed by atoms with Crippen molar-refractivity contribution in [2.45, 2.75) is 13.1 Å². The molecule has 5 nitrogen and oxygen atoms in total. The highest BCUT2D eigenvalue weighted by Gasteiger charge is 2.30. The molecule has 0 spiro atoms. The maximum atomic E-state index is 12.5. The molecule has 0 fully saturated rings. The lowest BCUT2D eigenvalue weighted by atomic mass is 10.2. The van der Waals surface area contributed by atoms with Gasteiger partial charge in [-0.05, 0) is 37.3 Å². The van der Waals surface area contributed by atoms with E-state index < -0.39 is 11.7 Å². The molecule has 128 valence electrons. The Balaban J connectivity index is 1.86. The molecule has 0 N–H and O–H groups in total. The molecule has 1 aromatic heterocycles. The second kappa shape index (κ2) is 7.29. The molecular weight excluding hydrogens is 323 g/mol. The van der Waals surface area contributed by atoms with Crippen molar-refractivity contribution in [3.8, 4) is 5.75 Å². The third-order valence-electron chi connectivity index (χ3n) is 3.22. The van der Waals surface area contributed by atoms with Crippen LogP contribution in [0.2, 0.25) is 0 Å². The number of likely N-dealkylation sites (N-methyl/N-ethyl adjacent to an activating group) is 1. The number of ether oxygens (including phenoxy) is 1. The Kier molecular flexibility index (Phi) is 5.38. The van der Waals surface area contributed by atoms with Gasteiger partial charge in [0.25, 0.3) is 5.91 Å². The third kappa shape index (κ3) is 4.68. The Bertz CT molecular complexity index is 702. The van der Waals surface area contributed by atoms with E-state index >= 15 is 0 Å². The smallest absolute Gasteiger partial charge is 0.416 e. The lowest BCUT2D eigenvalue weighted by Gasteiger charge is -2.17. The Morgan fingerprint density at radius 1 is 1.21 bits per heavy atom. The largest absolute Gasteiger partial charge is 0.492 e. The third-order valence-corrected chi connectivity index (χ3v) is 3.22. The first kappa shape index (κ1) is 17.7. The fourth-order valence-electron chi connectivity index (χ4n) is 1.91. The maximum Gasteiger partial charge on any atom is 0.416 e. The normalized spacial score (nSPS) is 11.2. The lowest BCUT2D eigenvalue weighted by Crippen LogP contribution is -2.31. The molecule has 0 aliphatic heterocycles. The minimum absolute atomic E-state index is 0.150. The van der Waals surface area contributed by atoms with Crippen LogP contribution in [0.3, 0.4) is 0 Å². The predicted molar refractivity (Wildman–Crippen MR) is 80.7 cm³/mol. The molecule has 0 atom stereocenters. The SMILES string of the molecule is Cc1nccc(C(=O)N(C)CCOc2ccc(C(F)(F)F)cc2)n1. The van der Waals surface area contributed by atoms with Gasteiger partial charge in [0.15, 0.2) is 0 Å². The molecule has 1 heterocycles. The van der Waals surface area contributed by atoms with E-state index in [0.29, 0.717) is 11.6 Å². The molecule has 1 aromatic carbocycles. The molecule has 0 saturated carbocycles. The van der Waals surface area contributed by atoms with Gasteiger partial charge in [-0.1, -0.05) is 0 Å². The Morgan fingerprint density at radius 3 is 2.46 bits per heavy atom. The van der Waals surface area contributed by atoms with Gasteiger partial charge in [-0.15, -0.1) is 0 Å². The van der Waals surface area contributed by atoms with E-state index in [1.165, 1.54) is 29.3 Å². The number of alkyl halides is 3. The van der Waals surface area contributed by atoms with Crippen molar-refractivity contribution in [3.63, 3.8) is 0 Å². The number of nitrogens with zero attached hydrogens (tertiary/aromatic N) is 3. The fraction of sp³-hybridized carbons (Fsp3) is 0.312. The zero-order chi connectivity index (χ0) is 17.7. The lowest BCUT2D eigenvalue weighted by molar-refractivity contribution is -0.137. The van der Waals surface area contributed by atoms with Gasteiger partial charge in [-0.3, -0.25) is 4.79 Å². The van der Waals surface area contributed by atoms with Crippen molar-refractivity contribution < 1.29 is 22.7 Å². The summed E-state index contributed by atoms with van der Waals surface area (Å²) in [6.45, 7) is 2.10. The standard InChI is InChI=1S/C16H16F3N3O2/c1-11-20-8-7-14(21-11)15(23)22(2)9-10-24-13-5-3-12(4-6-13)16(17,18)19/h3-8H,9-10H2,1-2H3. The summed E-state index contributed by atoms with van der Waals surface area (Å²) in [5, 5.41) is 0. The van der Waals surface area contributed by atoms with Crippen LogP contribution in [-0.4, -0.2) is 41.0 Å². The molecule has 0 saturated heterocycles. The minimum Gasteiger partial charge on any atom is -0.492 e. The van der Waals surface area contributed by atoms with Crippen LogP contribution < -0.4 is 4.74 Å². The van der Waals surface area contributed by atoms with Crippen LogP contribution in [0.4, 0.5) is 13.2 Å². The Morgan fingerprint density at radius 2 is 1.88 bits per heavy atom. The molecule has 0 aliphatic carbocycles. The predicted octanol–water partition coefficient (Wildman–Crippen LogP) is 2.95. The number of aromatic nitrogens is 2. The van der Waals surface area contributed by atoms with Gasteiger partial charge in [0.1, 0.15) is 23.9 Å². The number of hydrogen-bond donors (Lipinski definition) is 0. The number of halogens is 3. The summed E-state index contributed by atoms with van der Waals surface area (Å²) in [7, 11) is 1.59. The van der Waals surface area contributed by atoms with Crippen LogP contribution >= 0.6 is 0 Å². The van der Waals surface area contributed by atoms with Crippen molar-refractivity contribution in [3.05, 3.63) is 53.6 Å². The summed E-state index contributed by atoms with van der Waals surface area (Å²) in [4.78, 5) is 21.5. The van der Waals surface area contributed by atoms with Gasteiger partial charge in [0, 0.05) is 13.2 Å². The van der Waals surface area contributed by atoms with Gasteiger partial charge < -0.3 is 9.64 Å². The number of hydrogen-bond acceptors (Lipinski definition) is 4. The monoisotopic (exact) mass is 339 g/mol. The first-order valence-electron chi connectivity index (χ1n) is 7.12. The van der Waals surface area contributed by atoms with Gasteiger partial charge in [-0.2, -0.15) is 13.2 Å². The van der Waals surface area contributed by atoms with Gasteiger partial charge >= 0.3 is 6.18 Å². The maximum absolute atomic E-state index is 12.5. The number of carbonyl (C=O) groups excluding carboxylic acids is 1. The van der Waals surface area contributed by atoms with E-state index in [9.17, 15) is 18.0 Å². The van der Waals surface area contributed by atoms with Gasteiger partial charge in [0.2, 0.25) is 0 Å². The molecule has 0 bridgehead atoms. The summed E-state index contributed by atoms with van der Waals surface area (Å²) in [6, 6.07) is 5.92. The van der Waals surface area contributed by atoms with Crippen molar-refractivity contribution in [2.75, 3.05) is 20.2 Å². The van der Waals surface area contributed by atoms with Crippen LogP contribution in [0.15, 0.2) is 36.5 Å². The van der Waals surface area contributed by atoms with Crippen LogP contribution in [0.5, 0.6) is 5.75 Å². The second-order valence-corrected chi connectivity index (χ2v) is 5.09. The zero-order valence-electron chi connectivity index (χ0n) is 13.2. The minimum atomic E-state index is -4.37. The Hall–Kier alpha value is -2.64. The topological polar surface area (TPSA) is 55.3 Å². The molecule has 0 unspecified atom stereocenters. The summed E-state index contributed by atoms with van der Waals surface area (Å²) in [5.74, 6) is 0.522. The number of rotatable bonds is 5. The van der Waals surface area contributed by atoms with Crippen molar-refractivity contribution in [2.24, 2.45) is 0 Å². The number of aryl methyl sites for hydroxylation is 1. The highest BCUT2D eigenvalue weighted by Crippen LogP contribution is 2.30.